The predicted octanol–water partition coefficient (Wildman–Crippen LogP) is -0.718. The number of rotatable bonds is 3. The third-order valence-electron chi connectivity index (χ3n) is 2.67. The SMILES string of the molecule is CC(N)C(C)N1CCC1C(N)=O. The average molecular weight is 171 g/mol. The lowest BCUT2D eigenvalue weighted by atomic mass is 9.97. The Morgan fingerprint density at radius 3 is 2.42 bits per heavy atom. The maximum absolute atomic E-state index is 10.9. The highest BCUT2D eigenvalue weighted by molar-refractivity contribution is 5.80. The van der Waals surface area contributed by atoms with Crippen LogP contribution in [0.2, 0.25) is 0 Å². The minimum atomic E-state index is -0.228. The first-order valence-corrected chi connectivity index (χ1v) is 4.34. The molecule has 0 spiro atoms. The van der Waals surface area contributed by atoms with Gasteiger partial charge in [-0.3, -0.25) is 9.69 Å². The first-order chi connectivity index (χ1) is 5.54. The topological polar surface area (TPSA) is 72.3 Å². The summed E-state index contributed by atoms with van der Waals surface area (Å²) < 4.78 is 0. The van der Waals surface area contributed by atoms with Gasteiger partial charge in [-0.15, -0.1) is 0 Å². The zero-order chi connectivity index (χ0) is 9.30. The van der Waals surface area contributed by atoms with Crippen LogP contribution in [-0.4, -0.2) is 35.5 Å². The summed E-state index contributed by atoms with van der Waals surface area (Å²) in [6, 6.07) is 0.259. The van der Waals surface area contributed by atoms with Gasteiger partial charge in [0, 0.05) is 18.6 Å². The fourth-order valence-corrected chi connectivity index (χ4v) is 1.50. The van der Waals surface area contributed by atoms with Gasteiger partial charge in [0.25, 0.3) is 0 Å². The molecule has 4 N–H and O–H groups in total. The standard InChI is InChI=1S/C8H17N3O/c1-5(9)6(2)11-4-3-7(11)8(10)12/h5-7H,3-4,9H2,1-2H3,(H2,10,12). The number of hydrogen-bond acceptors (Lipinski definition) is 3. The first-order valence-electron chi connectivity index (χ1n) is 4.34. The number of amides is 1. The molecule has 0 aliphatic carbocycles. The molecule has 4 nitrogen and oxygen atoms in total. The molecule has 4 heteroatoms. The zero-order valence-electron chi connectivity index (χ0n) is 7.66. The third-order valence-corrected chi connectivity index (χ3v) is 2.67. The zero-order valence-corrected chi connectivity index (χ0v) is 7.66. The van der Waals surface area contributed by atoms with Crippen LogP contribution >= 0.6 is 0 Å². The summed E-state index contributed by atoms with van der Waals surface area (Å²) in [5, 5.41) is 0. The van der Waals surface area contributed by atoms with Crippen molar-refractivity contribution in [3.05, 3.63) is 0 Å². The summed E-state index contributed by atoms with van der Waals surface area (Å²) in [5.41, 5.74) is 10.9. The van der Waals surface area contributed by atoms with Gasteiger partial charge in [0.05, 0.1) is 6.04 Å². The van der Waals surface area contributed by atoms with E-state index in [-0.39, 0.29) is 24.0 Å². The molecule has 1 saturated heterocycles. The maximum atomic E-state index is 10.9. The van der Waals surface area contributed by atoms with Gasteiger partial charge >= 0.3 is 0 Å². The summed E-state index contributed by atoms with van der Waals surface area (Å²) in [6.07, 6.45) is 0.881. The van der Waals surface area contributed by atoms with Crippen molar-refractivity contribution >= 4 is 5.91 Å². The normalized spacial score (nSPS) is 29.1. The number of nitrogens with two attached hydrogens (primary N) is 2. The van der Waals surface area contributed by atoms with Gasteiger partial charge in [-0.25, -0.2) is 0 Å². The minimum absolute atomic E-state index is 0.0778. The van der Waals surface area contributed by atoms with E-state index in [1.165, 1.54) is 0 Å². The second kappa shape index (κ2) is 3.41. The predicted molar refractivity (Wildman–Crippen MR) is 47.4 cm³/mol. The average Bonchev–Trinajstić information content (AvgIpc) is 1.82. The number of hydrogen-bond donors (Lipinski definition) is 2. The van der Waals surface area contributed by atoms with Crippen molar-refractivity contribution in [3.8, 4) is 0 Å². The lowest BCUT2D eigenvalue weighted by molar-refractivity contribution is -0.129. The Morgan fingerprint density at radius 1 is 1.58 bits per heavy atom. The number of carbonyl (C=O) groups is 1. The summed E-state index contributed by atoms with van der Waals surface area (Å²) >= 11 is 0. The molecule has 0 aromatic rings. The molecule has 1 amide bonds. The molecule has 0 bridgehead atoms. The van der Waals surface area contributed by atoms with Crippen molar-refractivity contribution < 1.29 is 4.79 Å². The molecule has 0 aromatic heterocycles. The van der Waals surface area contributed by atoms with E-state index >= 15 is 0 Å². The Bertz CT molecular complexity index is 181. The van der Waals surface area contributed by atoms with E-state index in [4.69, 9.17) is 11.5 Å². The van der Waals surface area contributed by atoms with E-state index in [1.807, 2.05) is 13.8 Å². The monoisotopic (exact) mass is 171 g/mol. The van der Waals surface area contributed by atoms with Crippen LogP contribution in [0.3, 0.4) is 0 Å². The van der Waals surface area contributed by atoms with E-state index in [2.05, 4.69) is 4.90 Å². The summed E-state index contributed by atoms with van der Waals surface area (Å²) in [5.74, 6) is -0.228. The summed E-state index contributed by atoms with van der Waals surface area (Å²) in [7, 11) is 0. The van der Waals surface area contributed by atoms with Gasteiger partial charge in [0.15, 0.2) is 0 Å². The molecule has 1 fully saturated rings. The van der Waals surface area contributed by atoms with Crippen molar-refractivity contribution in [3.63, 3.8) is 0 Å². The molecular formula is C8H17N3O. The molecular weight excluding hydrogens is 154 g/mol. The van der Waals surface area contributed by atoms with E-state index in [9.17, 15) is 4.79 Å². The number of carbonyl (C=O) groups excluding carboxylic acids is 1. The summed E-state index contributed by atoms with van der Waals surface area (Å²) in [6.45, 7) is 4.91. The molecule has 70 valence electrons. The minimum Gasteiger partial charge on any atom is -0.368 e. The Hall–Kier alpha value is -0.610. The van der Waals surface area contributed by atoms with Gasteiger partial charge < -0.3 is 11.5 Å². The largest absolute Gasteiger partial charge is 0.368 e. The van der Waals surface area contributed by atoms with Gasteiger partial charge in [0.2, 0.25) is 5.91 Å². The van der Waals surface area contributed by atoms with E-state index in [1.54, 1.807) is 0 Å². The van der Waals surface area contributed by atoms with Crippen LogP contribution in [0, 0.1) is 0 Å². The number of likely N-dealkylation sites (tertiary alicyclic amines) is 1. The fourth-order valence-electron chi connectivity index (χ4n) is 1.50. The van der Waals surface area contributed by atoms with Crippen LogP contribution in [0.15, 0.2) is 0 Å². The lowest BCUT2D eigenvalue weighted by Gasteiger charge is -2.44. The van der Waals surface area contributed by atoms with Crippen LogP contribution in [0.5, 0.6) is 0 Å². The Kier molecular flexibility index (Phi) is 2.69. The Balaban J connectivity index is 2.48. The van der Waals surface area contributed by atoms with Crippen molar-refractivity contribution in [2.45, 2.75) is 38.4 Å². The number of primary amides is 1. The van der Waals surface area contributed by atoms with Crippen molar-refractivity contribution in [1.82, 2.24) is 4.90 Å². The summed E-state index contributed by atoms with van der Waals surface area (Å²) in [4.78, 5) is 12.9. The molecule has 0 aromatic carbocycles. The van der Waals surface area contributed by atoms with Gasteiger partial charge in [-0.1, -0.05) is 0 Å². The van der Waals surface area contributed by atoms with Crippen LogP contribution in [-0.2, 0) is 4.79 Å². The molecule has 0 saturated carbocycles. The third kappa shape index (κ3) is 1.59. The number of nitrogens with zero attached hydrogens (tertiary/aromatic N) is 1. The molecule has 12 heavy (non-hydrogen) atoms. The van der Waals surface area contributed by atoms with Crippen LogP contribution < -0.4 is 11.5 Å². The quantitative estimate of drug-likeness (QED) is 0.588. The second-order valence-corrected chi connectivity index (χ2v) is 3.54. The molecule has 1 heterocycles. The molecule has 3 unspecified atom stereocenters. The van der Waals surface area contributed by atoms with Crippen LogP contribution in [0.4, 0.5) is 0 Å². The van der Waals surface area contributed by atoms with Crippen LogP contribution in [0.25, 0.3) is 0 Å². The Morgan fingerprint density at radius 2 is 2.17 bits per heavy atom. The Labute approximate surface area is 72.9 Å². The molecule has 1 rings (SSSR count). The van der Waals surface area contributed by atoms with Gasteiger partial charge in [0.1, 0.15) is 0 Å². The van der Waals surface area contributed by atoms with Crippen molar-refractivity contribution in [2.75, 3.05) is 6.54 Å². The highest BCUT2D eigenvalue weighted by Gasteiger charge is 2.36. The second-order valence-electron chi connectivity index (χ2n) is 3.54. The molecule has 1 aliphatic rings. The molecule has 3 atom stereocenters. The highest BCUT2D eigenvalue weighted by atomic mass is 16.1. The highest BCUT2D eigenvalue weighted by Crippen LogP contribution is 2.21. The van der Waals surface area contributed by atoms with Gasteiger partial charge in [-0.2, -0.15) is 0 Å². The first kappa shape index (κ1) is 9.48. The lowest BCUT2D eigenvalue weighted by Crippen LogP contribution is -2.61. The maximum Gasteiger partial charge on any atom is 0.234 e. The van der Waals surface area contributed by atoms with E-state index < -0.39 is 0 Å². The molecule has 0 radical (unpaired) electrons. The van der Waals surface area contributed by atoms with E-state index in [0.29, 0.717) is 0 Å². The van der Waals surface area contributed by atoms with Crippen LogP contribution in [0.1, 0.15) is 20.3 Å². The van der Waals surface area contributed by atoms with Crippen molar-refractivity contribution in [1.29, 1.82) is 0 Å². The van der Waals surface area contributed by atoms with Crippen molar-refractivity contribution in [2.24, 2.45) is 11.5 Å². The van der Waals surface area contributed by atoms with Gasteiger partial charge in [-0.05, 0) is 20.3 Å². The van der Waals surface area contributed by atoms with E-state index in [0.717, 1.165) is 13.0 Å². The fraction of sp³-hybridized carbons (Fsp3) is 0.875. The molecule has 1 aliphatic heterocycles. The smallest absolute Gasteiger partial charge is 0.234 e.